The van der Waals surface area contributed by atoms with E-state index in [0.29, 0.717) is 13.2 Å². The Bertz CT molecular complexity index is 810. The highest BCUT2D eigenvalue weighted by Gasteiger charge is 2.30. The van der Waals surface area contributed by atoms with Gasteiger partial charge in [-0.1, -0.05) is 12.1 Å². The second-order valence-corrected chi connectivity index (χ2v) is 7.59. The molecular weight excluding hydrogens is 380 g/mol. The number of hydrogen-bond acceptors (Lipinski definition) is 7. The molecule has 0 unspecified atom stereocenters. The molecule has 3 rings (SSSR count). The van der Waals surface area contributed by atoms with Gasteiger partial charge in [-0.2, -0.15) is 0 Å². The fourth-order valence-corrected chi connectivity index (χ4v) is 4.07. The van der Waals surface area contributed by atoms with Crippen LogP contribution in [0.1, 0.15) is 18.1 Å². The normalized spacial score (nSPS) is 18.6. The van der Waals surface area contributed by atoms with E-state index in [4.69, 9.17) is 9.47 Å². The molecule has 0 amide bonds. The monoisotopic (exact) mass is 402 g/mol. The fourth-order valence-electron chi connectivity index (χ4n) is 2.85. The maximum Gasteiger partial charge on any atom is 0.324 e. The third kappa shape index (κ3) is 5.46. The van der Waals surface area contributed by atoms with Gasteiger partial charge in [0.1, 0.15) is 18.4 Å². The van der Waals surface area contributed by atoms with E-state index in [1.807, 2.05) is 31.2 Å². The first kappa shape index (κ1) is 20.2. The molecule has 7 nitrogen and oxygen atoms in total. The van der Waals surface area contributed by atoms with Gasteiger partial charge in [0.05, 0.1) is 16.9 Å². The summed E-state index contributed by atoms with van der Waals surface area (Å²) >= 11 is 1.72. The molecule has 0 spiro atoms. The van der Waals surface area contributed by atoms with Crippen molar-refractivity contribution >= 4 is 23.4 Å². The molecule has 0 bridgehead atoms. The van der Waals surface area contributed by atoms with Crippen LogP contribution in [-0.2, 0) is 22.6 Å². The summed E-state index contributed by atoms with van der Waals surface area (Å²) in [5.74, 6) is 1.27. The Labute approximate surface area is 167 Å². The van der Waals surface area contributed by atoms with E-state index >= 15 is 0 Å². The molecule has 0 aromatic heterocycles. The SMILES string of the molecule is CCOC(=O)[C@H]1CS[C@H](Cc2ccc(OCc3ccc([N+](=O)[O-])cc3)cc2)N1. The third-order valence-corrected chi connectivity index (χ3v) is 5.55. The number of ether oxygens (including phenoxy) is 2. The first-order chi connectivity index (χ1) is 13.5. The summed E-state index contributed by atoms with van der Waals surface area (Å²) in [6.07, 6.45) is 0.809. The van der Waals surface area contributed by atoms with Crippen LogP contribution in [-0.4, -0.2) is 34.7 Å². The van der Waals surface area contributed by atoms with Crippen molar-refractivity contribution in [1.29, 1.82) is 0 Å². The van der Waals surface area contributed by atoms with Crippen molar-refractivity contribution in [3.8, 4) is 5.75 Å². The maximum absolute atomic E-state index is 11.8. The van der Waals surface area contributed by atoms with Gasteiger partial charge in [-0.05, 0) is 48.7 Å². The highest BCUT2D eigenvalue weighted by Crippen LogP contribution is 2.24. The Kier molecular flexibility index (Phi) is 6.89. The standard InChI is InChI=1S/C20H22N2O5S/c1-2-26-20(23)18-13-28-19(21-18)11-14-5-9-17(10-6-14)27-12-15-3-7-16(8-4-15)22(24)25/h3-10,18-19,21H,2,11-13H2,1H3/t18-,19-/m1/s1. The summed E-state index contributed by atoms with van der Waals surface area (Å²) in [6, 6.07) is 13.9. The summed E-state index contributed by atoms with van der Waals surface area (Å²) in [5.41, 5.74) is 2.08. The van der Waals surface area contributed by atoms with Crippen molar-refractivity contribution < 1.29 is 19.2 Å². The molecule has 148 valence electrons. The number of nitrogens with zero attached hydrogens (tertiary/aromatic N) is 1. The lowest BCUT2D eigenvalue weighted by molar-refractivity contribution is -0.384. The number of nitro groups is 1. The zero-order valence-electron chi connectivity index (χ0n) is 15.5. The molecule has 1 saturated heterocycles. The number of hydrogen-bond donors (Lipinski definition) is 1. The number of benzene rings is 2. The smallest absolute Gasteiger partial charge is 0.324 e. The van der Waals surface area contributed by atoms with Crippen LogP contribution < -0.4 is 10.1 Å². The molecule has 1 fully saturated rings. The van der Waals surface area contributed by atoms with Gasteiger partial charge >= 0.3 is 5.97 Å². The Morgan fingerprint density at radius 3 is 2.50 bits per heavy atom. The minimum atomic E-state index is -0.421. The van der Waals surface area contributed by atoms with Crippen LogP contribution in [0.15, 0.2) is 48.5 Å². The van der Waals surface area contributed by atoms with E-state index in [0.717, 1.165) is 29.1 Å². The molecule has 8 heteroatoms. The number of non-ortho nitro benzene ring substituents is 1. The molecule has 2 aromatic carbocycles. The Hall–Kier alpha value is -2.58. The highest BCUT2D eigenvalue weighted by molar-refractivity contribution is 8.00. The zero-order chi connectivity index (χ0) is 19.9. The Morgan fingerprint density at radius 2 is 1.86 bits per heavy atom. The van der Waals surface area contributed by atoms with Gasteiger partial charge in [0.15, 0.2) is 0 Å². The number of nitro benzene ring substituents is 1. The van der Waals surface area contributed by atoms with Crippen molar-refractivity contribution in [3.63, 3.8) is 0 Å². The molecule has 0 aliphatic carbocycles. The molecule has 1 N–H and O–H groups in total. The molecule has 0 radical (unpaired) electrons. The minimum absolute atomic E-state index is 0.0664. The molecule has 0 saturated carbocycles. The molecule has 1 aliphatic rings. The largest absolute Gasteiger partial charge is 0.489 e. The van der Waals surface area contributed by atoms with E-state index in [1.165, 1.54) is 12.1 Å². The summed E-state index contributed by atoms with van der Waals surface area (Å²) < 4.78 is 10.8. The summed E-state index contributed by atoms with van der Waals surface area (Å²) in [5, 5.41) is 14.2. The van der Waals surface area contributed by atoms with Crippen molar-refractivity contribution in [3.05, 3.63) is 69.8 Å². The first-order valence-electron chi connectivity index (χ1n) is 9.04. The van der Waals surface area contributed by atoms with Crippen LogP contribution in [0.4, 0.5) is 5.69 Å². The lowest BCUT2D eigenvalue weighted by Crippen LogP contribution is -2.38. The van der Waals surface area contributed by atoms with Crippen LogP contribution in [0.25, 0.3) is 0 Å². The highest BCUT2D eigenvalue weighted by atomic mass is 32.2. The lowest BCUT2D eigenvalue weighted by Gasteiger charge is -2.13. The van der Waals surface area contributed by atoms with Gasteiger partial charge in [0.25, 0.3) is 5.69 Å². The summed E-state index contributed by atoms with van der Waals surface area (Å²) in [4.78, 5) is 22.0. The molecule has 1 aliphatic heterocycles. The van der Waals surface area contributed by atoms with Crippen LogP contribution in [0.3, 0.4) is 0 Å². The first-order valence-corrected chi connectivity index (χ1v) is 10.1. The topological polar surface area (TPSA) is 90.7 Å². The van der Waals surface area contributed by atoms with Crippen LogP contribution in [0.5, 0.6) is 5.75 Å². The average molecular weight is 402 g/mol. The van der Waals surface area contributed by atoms with Crippen molar-refractivity contribution in [2.45, 2.75) is 31.4 Å². The van der Waals surface area contributed by atoms with Gasteiger partial charge in [-0.15, -0.1) is 11.8 Å². The van der Waals surface area contributed by atoms with Gasteiger partial charge in [0, 0.05) is 17.9 Å². The zero-order valence-corrected chi connectivity index (χ0v) is 16.3. The lowest BCUT2D eigenvalue weighted by atomic mass is 10.1. The molecule has 1 heterocycles. The number of thioether (sulfide) groups is 1. The van der Waals surface area contributed by atoms with E-state index in [1.54, 1.807) is 23.9 Å². The number of carbonyl (C=O) groups excluding carboxylic acids is 1. The second-order valence-electron chi connectivity index (χ2n) is 6.35. The molecule has 2 aromatic rings. The fraction of sp³-hybridized carbons (Fsp3) is 0.350. The number of carbonyl (C=O) groups is 1. The summed E-state index contributed by atoms with van der Waals surface area (Å²) in [7, 11) is 0. The van der Waals surface area contributed by atoms with Gasteiger partial charge in [-0.3, -0.25) is 20.2 Å². The van der Waals surface area contributed by atoms with Crippen LogP contribution in [0, 0.1) is 10.1 Å². The number of nitrogens with one attached hydrogen (secondary N) is 1. The molecular formula is C20H22N2O5S. The number of esters is 1. The minimum Gasteiger partial charge on any atom is -0.489 e. The third-order valence-electron chi connectivity index (χ3n) is 4.32. The quantitative estimate of drug-likeness (QED) is 0.411. The average Bonchev–Trinajstić information content (AvgIpc) is 3.16. The van der Waals surface area contributed by atoms with Crippen molar-refractivity contribution in [2.24, 2.45) is 0 Å². The molecule has 28 heavy (non-hydrogen) atoms. The van der Waals surface area contributed by atoms with Crippen molar-refractivity contribution in [2.75, 3.05) is 12.4 Å². The maximum atomic E-state index is 11.8. The van der Waals surface area contributed by atoms with Gasteiger partial charge < -0.3 is 9.47 Å². The van der Waals surface area contributed by atoms with E-state index < -0.39 is 4.92 Å². The predicted octanol–water partition coefficient (Wildman–Crippen LogP) is 3.31. The molecule has 2 atom stereocenters. The van der Waals surface area contributed by atoms with E-state index in [9.17, 15) is 14.9 Å². The Balaban J connectivity index is 1.47. The van der Waals surface area contributed by atoms with E-state index in [2.05, 4.69) is 5.32 Å². The number of rotatable bonds is 8. The second kappa shape index (κ2) is 9.57. The van der Waals surface area contributed by atoms with Gasteiger partial charge in [-0.25, -0.2) is 0 Å². The summed E-state index contributed by atoms with van der Waals surface area (Å²) in [6.45, 7) is 2.55. The predicted molar refractivity (Wildman–Crippen MR) is 107 cm³/mol. The van der Waals surface area contributed by atoms with Crippen LogP contribution in [0.2, 0.25) is 0 Å². The van der Waals surface area contributed by atoms with Crippen molar-refractivity contribution in [1.82, 2.24) is 5.32 Å². The van der Waals surface area contributed by atoms with Gasteiger partial charge in [0.2, 0.25) is 0 Å². The van der Waals surface area contributed by atoms with Crippen LogP contribution >= 0.6 is 11.8 Å². The van der Waals surface area contributed by atoms with E-state index in [-0.39, 0.29) is 23.1 Å². The Morgan fingerprint density at radius 1 is 1.18 bits per heavy atom.